The average molecular weight is 292 g/mol. The highest BCUT2D eigenvalue weighted by atomic mass is 79.9. The van der Waals surface area contributed by atoms with E-state index < -0.39 is 0 Å². The van der Waals surface area contributed by atoms with E-state index in [1.807, 2.05) is 19.1 Å². The summed E-state index contributed by atoms with van der Waals surface area (Å²) in [5.74, 6) is 1.45. The average Bonchev–Trinajstić information content (AvgIpc) is 2.23. The maximum Gasteiger partial charge on any atom is 0.126 e. The fourth-order valence-electron chi connectivity index (χ4n) is 1.14. The van der Waals surface area contributed by atoms with Crippen molar-refractivity contribution in [1.82, 2.24) is 4.98 Å². The molecular formula is C11H16BrClN2. The van der Waals surface area contributed by atoms with Crippen LogP contribution >= 0.6 is 27.5 Å². The van der Waals surface area contributed by atoms with Crippen molar-refractivity contribution in [2.45, 2.75) is 32.7 Å². The van der Waals surface area contributed by atoms with Gasteiger partial charge in [0.05, 0.1) is 5.69 Å². The molecule has 1 atom stereocenters. The number of hydrogen-bond donors (Lipinski definition) is 1. The molecule has 0 saturated carbocycles. The second kappa shape index (κ2) is 5.17. The van der Waals surface area contributed by atoms with Gasteiger partial charge in [-0.05, 0) is 48.3 Å². The molecule has 0 aromatic carbocycles. The number of aryl methyl sites for hydroxylation is 1. The Morgan fingerprint density at radius 1 is 1.53 bits per heavy atom. The van der Waals surface area contributed by atoms with Gasteiger partial charge in [-0.1, -0.05) is 6.92 Å². The number of nitrogens with zero attached hydrogens (tertiary/aromatic N) is 1. The molecule has 0 radical (unpaired) electrons. The van der Waals surface area contributed by atoms with Crippen LogP contribution in [0.2, 0.25) is 0 Å². The molecule has 1 heterocycles. The second-order valence-electron chi connectivity index (χ2n) is 3.94. The lowest BCUT2D eigenvalue weighted by atomic mass is 10.0. The van der Waals surface area contributed by atoms with Crippen molar-refractivity contribution in [1.29, 1.82) is 0 Å². The number of pyridine rings is 1. The first kappa shape index (κ1) is 12.8. The highest BCUT2D eigenvalue weighted by Gasteiger charge is 2.20. The summed E-state index contributed by atoms with van der Waals surface area (Å²) in [5, 5.41) is 3.36. The minimum Gasteiger partial charge on any atom is -0.364 e. The summed E-state index contributed by atoms with van der Waals surface area (Å²) in [5.41, 5.74) is 0.891. The van der Waals surface area contributed by atoms with Gasteiger partial charge in [0, 0.05) is 15.9 Å². The molecule has 0 bridgehead atoms. The molecule has 1 rings (SSSR count). The Bertz CT molecular complexity index is 337. The number of hydrogen-bond acceptors (Lipinski definition) is 2. The Hall–Kier alpha value is -0.280. The topological polar surface area (TPSA) is 24.9 Å². The zero-order valence-electron chi connectivity index (χ0n) is 9.27. The van der Waals surface area contributed by atoms with Crippen LogP contribution in [0.15, 0.2) is 16.6 Å². The molecule has 1 N–H and O–H groups in total. The fourth-order valence-corrected chi connectivity index (χ4v) is 1.62. The van der Waals surface area contributed by atoms with E-state index in [2.05, 4.69) is 40.1 Å². The number of aromatic nitrogens is 1. The molecule has 0 fully saturated rings. The van der Waals surface area contributed by atoms with Crippen molar-refractivity contribution in [2.75, 3.05) is 11.2 Å². The van der Waals surface area contributed by atoms with Crippen molar-refractivity contribution >= 4 is 33.3 Å². The van der Waals surface area contributed by atoms with E-state index >= 15 is 0 Å². The van der Waals surface area contributed by atoms with E-state index in [4.69, 9.17) is 11.6 Å². The molecule has 1 unspecified atom stereocenters. The minimum absolute atomic E-state index is 0.0885. The fraction of sp³-hybridized carbons (Fsp3) is 0.545. The molecule has 0 aliphatic rings. The molecular weight excluding hydrogens is 275 g/mol. The lowest BCUT2D eigenvalue weighted by molar-refractivity contribution is 0.551. The van der Waals surface area contributed by atoms with Crippen molar-refractivity contribution in [2.24, 2.45) is 0 Å². The monoisotopic (exact) mass is 290 g/mol. The summed E-state index contributed by atoms with van der Waals surface area (Å²) in [6.45, 7) is 6.18. The van der Waals surface area contributed by atoms with Crippen LogP contribution in [0.4, 0.5) is 5.82 Å². The van der Waals surface area contributed by atoms with Crippen LogP contribution in [-0.4, -0.2) is 16.4 Å². The van der Waals surface area contributed by atoms with Crippen LogP contribution < -0.4 is 5.32 Å². The van der Waals surface area contributed by atoms with Crippen LogP contribution in [0.25, 0.3) is 0 Å². The SMILES string of the molecule is CCC(C)(CCl)Nc1ccc(Br)c(C)n1. The van der Waals surface area contributed by atoms with Crippen LogP contribution in [0.5, 0.6) is 0 Å². The largest absolute Gasteiger partial charge is 0.364 e. The normalized spacial score (nSPS) is 14.7. The third-order valence-electron chi connectivity index (χ3n) is 2.53. The Morgan fingerprint density at radius 3 is 2.67 bits per heavy atom. The molecule has 1 aromatic rings. The van der Waals surface area contributed by atoms with Crippen molar-refractivity contribution in [3.8, 4) is 0 Å². The summed E-state index contributed by atoms with van der Waals surface area (Å²) < 4.78 is 1.03. The first-order valence-electron chi connectivity index (χ1n) is 4.98. The van der Waals surface area contributed by atoms with Gasteiger partial charge < -0.3 is 5.32 Å². The van der Waals surface area contributed by atoms with Crippen molar-refractivity contribution < 1.29 is 0 Å². The zero-order chi connectivity index (χ0) is 11.5. The predicted octanol–water partition coefficient (Wildman–Crippen LogP) is 3.97. The summed E-state index contributed by atoms with van der Waals surface area (Å²) in [7, 11) is 0. The van der Waals surface area contributed by atoms with Gasteiger partial charge in [0.2, 0.25) is 0 Å². The van der Waals surface area contributed by atoms with Gasteiger partial charge in [-0.2, -0.15) is 0 Å². The number of anilines is 1. The number of nitrogens with one attached hydrogen (secondary N) is 1. The highest BCUT2D eigenvalue weighted by Crippen LogP contribution is 2.21. The van der Waals surface area contributed by atoms with E-state index in [0.29, 0.717) is 5.88 Å². The molecule has 15 heavy (non-hydrogen) atoms. The van der Waals surface area contributed by atoms with Crippen LogP contribution in [0.3, 0.4) is 0 Å². The molecule has 0 spiro atoms. The third kappa shape index (κ3) is 3.35. The standard InChI is InChI=1S/C11H16BrClN2/c1-4-11(3,7-13)15-10-6-5-9(12)8(2)14-10/h5-6H,4,7H2,1-3H3,(H,14,15). The summed E-state index contributed by atoms with van der Waals surface area (Å²) in [6.07, 6.45) is 0.966. The molecule has 0 amide bonds. The lowest BCUT2D eigenvalue weighted by Crippen LogP contribution is -2.36. The van der Waals surface area contributed by atoms with Crippen molar-refractivity contribution in [3.63, 3.8) is 0 Å². The van der Waals surface area contributed by atoms with Crippen LogP contribution in [0, 0.1) is 6.92 Å². The van der Waals surface area contributed by atoms with Gasteiger partial charge in [-0.15, -0.1) is 11.6 Å². The molecule has 84 valence electrons. The van der Waals surface area contributed by atoms with E-state index in [1.165, 1.54) is 0 Å². The first-order valence-corrected chi connectivity index (χ1v) is 6.31. The lowest BCUT2D eigenvalue weighted by Gasteiger charge is -2.27. The van der Waals surface area contributed by atoms with E-state index in [0.717, 1.165) is 22.4 Å². The number of halogens is 2. The van der Waals surface area contributed by atoms with Crippen molar-refractivity contribution in [3.05, 3.63) is 22.3 Å². The summed E-state index contributed by atoms with van der Waals surface area (Å²) in [6, 6.07) is 3.95. The molecule has 0 saturated heterocycles. The van der Waals surface area contributed by atoms with Gasteiger partial charge in [0.15, 0.2) is 0 Å². The van der Waals surface area contributed by atoms with Gasteiger partial charge in [-0.25, -0.2) is 4.98 Å². The van der Waals surface area contributed by atoms with Gasteiger partial charge in [0.1, 0.15) is 5.82 Å². The quantitative estimate of drug-likeness (QED) is 0.849. The molecule has 4 heteroatoms. The molecule has 1 aromatic heterocycles. The minimum atomic E-state index is -0.0885. The van der Waals surface area contributed by atoms with Gasteiger partial charge in [-0.3, -0.25) is 0 Å². The zero-order valence-corrected chi connectivity index (χ0v) is 11.6. The Kier molecular flexibility index (Phi) is 4.41. The smallest absolute Gasteiger partial charge is 0.126 e. The summed E-state index contributed by atoms with van der Waals surface area (Å²) >= 11 is 9.36. The van der Waals surface area contributed by atoms with Crippen LogP contribution in [0.1, 0.15) is 26.0 Å². The van der Waals surface area contributed by atoms with E-state index in [1.54, 1.807) is 0 Å². The Balaban J connectivity index is 2.85. The Morgan fingerprint density at radius 2 is 2.20 bits per heavy atom. The molecule has 2 nitrogen and oxygen atoms in total. The number of rotatable bonds is 4. The highest BCUT2D eigenvalue weighted by molar-refractivity contribution is 9.10. The van der Waals surface area contributed by atoms with Gasteiger partial charge in [0.25, 0.3) is 0 Å². The number of alkyl halides is 1. The summed E-state index contributed by atoms with van der Waals surface area (Å²) in [4.78, 5) is 4.44. The third-order valence-corrected chi connectivity index (χ3v) is 3.95. The maximum absolute atomic E-state index is 5.93. The van der Waals surface area contributed by atoms with Crippen LogP contribution in [-0.2, 0) is 0 Å². The van der Waals surface area contributed by atoms with Gasteiger partial charge >= 0.3 is 0 Å². The predicted molar refractivity (Wildman–Crippen MR) is 69.7 cm³/mol. The molecule has 0 aliphatic carbocycles. The van der Waals surface area contributed by atoms with E-state index in [9.17, 15) is 0 Å². The first-order chi connectivity index (χ1) is 7.00. The second-order valence-corrected chi connectivity index (χ2v) is 5.06. The van der Waals surface area contributed by atoms with E-state index in [-0.39, 0.29) is 5.54 Å². The Labute approximate surface area is 105 Å². The molecule has 0 aliphatic heterocycles. The maximum atomic E-state index is 5.93.